The Morgan fingerprint density at radius 1 is 1.41 bits per heavy atom. The van der Waals surface area contributed by atoms with Gasteiger partial charge in [0.15, 0.2) is 0 Å². The van der Waals surface area contributed by atoms with Crippen LogP contribution >= 0.6 is 12.4 Å². The van der Waals surface area contributed by atoms with E-state index in [2.05, 4.69) is 4.74 Å². The molecule has 17 heavy (non-hydrogen) atoms. The molecule has 0 bridgehead atoms. The predicted molar refractivity (Wildman–Crippen MR) is 68.4 cm³/mol. The van der Waals surface area contributed by atoms with Crippen LogP contribution in [-0.2, 0) is 16.0 Å². The topological polar surface area (TPSA) is 102 Å². The van der Waals surface area contributed by atoms with Gasteiger partial charge in [0, 0.05) is 5.56 Å². The van der Waals surface area contributed by atoms with Crippen molar-refractivity contribution in [2.45, 2.75) is 12.5 Å². The van der Waals surface area contributed by atoms with Gasteiger partial charge in [0.2, 0.25) is 0 Å². The minimum absolute atomic E-state index is 0. The molecule has 1 atom stereocenters. The Balaban J connectivity index is 0.00000256. The Morgan fingerprint density at radius 3 is 2.35 bits per heavy atom. The number of nitrogens with one attached hydrogen (secondary N) is 1. The standard InChI is InChI=1S/C11H15N3O2.ClH/c1-16-11(15)9(12)6-7-2-4-8(5-3-7)10(13)14;/h2-5,9H,6,12H2,1H3,(H3,13,14);1H/t9-;/m0./s1. The molecule has 6 heteroatoms. The number of carbonyl (C=O) groups excluding carboxylic acids is 1. The van der Waals surface area contributed by atoms with Crippen LogP contribution in [0.5, 0.6) is 0 Å². The fourth-order valence-corrected chi connectivity index (χ4v) is 1.31. The molecular formula is C11H16ClN3O2. The third-order valence-corrected chi connectivity index (χ3v) is 2.22. The van der Waals surface area contributed by atoms with E-state index in [1.54, 1.807) is 24.3 Å². The summed E-state index contributed by atoms with van der Waals surface area (Å²) in [5.74, 6) is -0.417. The molecule has 0 heterocycles. The number of benzene rings is 1. The molecule has 0 saturated carbocycles. The quantitative estimate of drug-likeness (QED) is 0.414. The largest absolute Gasteiger partial charge is 0.468 e. The van der Waals surface area contributed by atoms with Gasteiger partial charge in [-0.2, -0.15) is 0 Å². The molecule has 0 fully saturated rings. The number of esters is 1. The minimum Gasteiger partial charge on any atom is -0.468 e. The highest BCUT2D eigenvalue weighted by atomic mass is 35.5. The smallest absolute Gasteiger partial charge is 0.322 e. The van der Waals surface area contributed by atoms with Crippen molar-refractivity contribution in [3.05, 3.63) is 35.4 Å². The number of methoxy groups -OCH3 is 1. The number of carbonyl (C=O) groups is 1. The Hall–Kier alpha value is -1.59. The van der Waals surface area contributed by atoms with E-state index in [1.165, 1.54) is 7.11 Å². The molecule has 0 spiro atoms. The molecule has 0 aliphatic heterocycles. The lowest BCUT2D eigenvalue weighted by molar-refractivity contribution is -0.142. The Labute approximate surface area is 106 Å². The van der Waals surface area contributed by atoms with Crippen LogP contribution in [0.2, 0.25) is 0 Å². The van der Waals surface area contributed by atoms with Gasteiger partial charge in [0.25, 0.3) is 0 Å². The summed E-state index contributed by atoms with van der Waals surface area (Å²) < 4.78 is 4.53. The first-order valence-electron chi connectivity index (χ1n) is 4.81. The molecule has 0 unspecified atom stereocenters. The lowest BCUT2D eigenvalue weighted by Crippen LogP contribution is -2.33. The Kier molecular flexibility index (Phi) is 6.23. The van der Waals surface area contributed by atoms with Crippen molar-refractivity contribution in [2.24, 2.45) is 11.5 Å². The number of rotatable bonds is 4. The van der Waals surface area contributed by atoms with E-state index in [-0.39, 0.29) is 18.2 Å². The zero-order valence-corrected chi connectivity index (χ0v) is 10.3. The summed E-state index contributed by atoms with van der Waals surface area (Å²) in [5, 5.41) is 7.22. The third-order valence-electron chi connectivity index (χ3n) is 2.22. The summed E-state index contributed by atoms with van der Waals surface area (Å²) in [6.07, 6.45) is 0.408. The van der Waals surface area contributed by atoms with Crippen molar-refractivity contribution in [1.82, 2.24) is 0 Å². The summed E-state index contributed by atoms with van der Waals surface area (Å²) >= 11 is 0. The van der Waals surface area contributed by atoms with Crippen LogP contribution in [0.3, 0.4) is 0 Å². The van der Waals surface area contributed by atoms with Crippen molar-refractivity contribution in [3.63, 3.8) is 0 Å². The molecule has 5 nitrogen and oxygen atoms in total. The number of nitrogen functional groups attached to an aromatic ring is 1. The fraction of sp³-hybridized carbons (Fsp3) is 0.273. The molecule has 94 valence electrons. The van der Waals surface area contributed by atoms with E-state index in [0.717, 1.165) is 5.56 Å². The number of nitrogens with two attached hydrogens (primary N) is 2. The highest BCUT2D eigenvalue weighted by Gasteiger charge is 2.13. The summed E-state index contributed by atoms with van der Waals surface area (Å²) in [4.78, 5) is 11.1. The third kappa shape index (κ3) is 4.42. The zero-order chi connectivity index (χ0) is 12.1. The van der Waals surface area contributed by atoms with Gasteiger partial charge in [-0.1, -0.05) is 24.3 Å². The molecule has 0 aromatic heterocycles. The lowest BCUT2D eigenvalue weighted by Gasteiger charge is -2.09. The highest BCUT2D eigenvalue weighted by molar-refractivity contribution is 5.94. The van der Waals surface area contributed by atoms with E-state index in [1.807, 2.05) is 0 Å². The van der Waals surface area contributed by atoms with E-state index >= 15 is 0 Å². The van der Waals surface area contributed by atoms with E-state index in [0.29, 0.717) is 12.0 Å². The Bertz CT molecular complexity index is 392. The molecule has 0 amide bonds. The van der Waals surface area contributed by atoms with Gasteiger partial charge in [0.05, 0.1) is 7.11 Å². The van der Waals surface area contributed by atoms with Crippen LogP contribution in [0, 0.1) is 5.41 Å². The van der Waals surface area contributed by atoms with Gasteiger partial charge in [-0.25, -0.2) is 0 Å². The summed E-state index contributed by atoms with van der Waals surface area (Å²) in [6, 6.07) is 6.37. The normalized spacial score (nSPS) is 11.2. The van der Waals surface area contributed by atoms with Gasteiger partial charge in [-0.3, -0.25) is 10.2 Å². The van der Waals surface area contributed by atoms with Gasteiger partial charge in [-0.05, 0) is 12.0 Å². The van der Waals surface area contributed by atoms with Crippen molar-refractivity contribution in [2.75, 3.05) is 7.11 Å². The van der Waals surface area contributed by atoms with E-state index in [9.17, 15) is 4.79 Å². The van der Waals surface area contributed by atoms with E-state index < -0.39 is 12.0 Å². The highest BCUT2D eigenvalue weighted by Crippen LogP contribution is 2.06. The van der Waals surface area contributed by atoms with Crippen molar-refractivity contribution >= 4 is 24.2 Å². The Morgan fingerprint density at radius 2 is 1.94 bits per heavy atom. The van der Waals surface area contributed by atoms with Crippen LogP contribution in [0.4, 0.5) is 0 Å². The van der Waals surface area contributed by atoms with Crippen molar-refractivity contribution < 1.29 is 9.53 Å². The SMILES string of the molecule is COC(=O)[C@@H](N)Cc1ccc(C(=N)N)cc1.Cl. The maximum absolute atomic E-state index is 11.1. The molecule has 1 aromatic carbocycles. The van der Waals surface area contributed by atoms with E-state index in [4.69, 9.17) is 16.9 Å². The van der Waals surface area contributed by atoms with Crippen molar-refractivity contribution in [1.29, 1.82) is 5.41 Å². The van der Waals surface area contributed by atoms with Crippen LogP contribution in [0.25, 0.3) is 0 Å². The summed E-state index contributed by atoms with van der Waals surface area (Å²) in [6.45, 7) is 0. The van der Waals surface area contributed by atoms with Gasteiger partial charge >= 0.3 is 5.97 Å². The molecule has 1 aromatic rings. The number of amidine groups is 1. The van der Waals surface area contributed by atoms with Crippen LogP contribution in [0.15, 0.2) is 24.3 Å². The number of halogens is 1. The second-order valence-corrected chi connectivity index (χ2v) is 3.44. The molecule has 0 aliphatic rings. The van der Waals surface area contributed by atoms with Crippen LogP contribution in [0.1, 0.15) is 11.1 Å². The average molecular weight is 258 g/mol. The van der Waals surface area contributed by atoms with Crippen LogP contribution < -0.4 is 11.5 Å². The molecular weight excluding hydrogens is 242 g/mol. The fourth-order valence-electron chi connectivity index (χ4n) is 1.31. The summed E-state index contributed by atoms with van der Waals surface area (Å²) in [7, 11) is 1.31. The molecule has 0 aliphatic carbocycles. The van der Waals surface area contributed by atoms with Crippen molar-refractivity contribution in [3.8, 4) is 0 Å². The number of hydrogen-bond acceptors (Lipinski definition) is 4. The first-order chi connectivity index (χ1) is 7.54. The monoisotopic (exact) mass is 257 g/mol. The predicted octanol–water partition coefficient (Wildman–Crippen LogP) is 0.435. The number of hydrogen-bond donors (Lipinski definition) is 3. The molecule has 5 N–H and O–H groups in total. The first-order valence-corrected chi connectivity index (χ1v) is 4.81. The maximum atomic E-state index is 11.1. The molecule has 1 rings (SSSR count). The second kappa shape index (κ2) is 6.88. The van der Waals surface area contributed by atoms with Crippen LogP contribution in [-0.4, -0.2) is 25.0 Å². The maximum Gasteiger partial charge on any atom is 0.322 e. The van der Waals surface area contributed by atoms with Gasteiger partial charge in [0.1, 0.15) is 11.9 Å². The second-order valence-electron chi connectivity index (χ2n) is 3.44. The zero-order valence-electron chi connectivity index (χ0n) is 9.47. The molecule has 0 radical (unpaired) electrons. The molecule has 0 saturated heterocycles. The minimum atomic E-state index is -0.659. The summed E-state index contributed by atoms with van der Waals surface area (Å²) in [5.41, 5.74) is 12.5. The number of ether oxygens (including phenoxy) is 1. The average Bonchev–Trinajstić information content (AvgIpc) is 2.28. The lowest BCUT2D eigenvalue weighted by atomic mass is 10.0. The first kappa shape index (κ1) is 15.4. The van der Waals surface area contributed by atoms with Gasteiger partial charge in [-0.15, -0.1) is 12.4 Å². The van der Waals surface area contributed by atoms with Gasteiger partial charge < -0.3 is 16.2 Å².